The number of morpholine rings is 1. The standard InChI is InChI=1S/C21H22N2O7S/c1-14(24)15-2-4-16(5-3-15)22-31(26,27)17-6-7-18-19(12-17)29-13-20(30-18)21(25)23-8-10-28-11-9-23/h2-7,12,20,22H,8-11,13H2,1H3/t20-/m0/s1. The predicted octanol–water partition coefficient (Wildman–Crippen LogP) is 1.69. The minimum atomic E-state index is -3.89. The first-order chi connectivity index (χ1) is 14.8. The van der Waals surface area contributed by atoms with Gasteiger partial charge >= 0.3 is 0 Å². The Bertz CT molecular complexity index is 1090. The van der Waals surface area contributed by atoms with Crippen molar-refractivity contribution in [1.82, 2.24) is 4.90 Å². The largest absolute Gasteiger partial charge is 0.485 e. The van der Waals surface area contributed by atoms with Gasteiger partial charge in [-0.25, -0.2) is 8.42 Å². The van der Waals surface area contributed by atoms with Crippen molar-refractivity contribution in [3.8, 4) is 11.5 Å². The molecule has 2 aromatic rings. The van der Waals surface area contributed by atoms with Gasteiger partial charge in [-0.3, -0.25) is 14.3 Å². The molecule has 1 amide bonds. The van der Waals surface area contributed by atoms with Gasteiger partial charge in [0, 0.05) is 30.4 Å². The molecule has 4 rings (SSSR count). The van der Waals surface area contributed by atoms with E-state index in [1.165, 1.54) is 37.3 Å². The Hall–Kier alpha value is -3.11. The van der Waals surface area contributed by atoms with E-state index in [0.717, 1.165) is 0 Å². The summed E-state index contributed by atoms with van der Waals surface area (Å²) < 4.78 is 44.6. The number of ether oxygens (including phenoxy) is 3. The van der Waals surface area contributed by atoms with Gasteiger partial charge in [-0.05, 0) is 43.3 Å². The third kappa shape index (κ3) is 4.64. The zero-order valence-electron chi connectivity index (χ0n) is 16.9. The summed E-state index contributed by atoms with van der Waals surface area (Å²) >= 11 is 0. The molecule has 2 aliphatic rings. The topological polar surface area (TPSA) is 111 Å². The second kappa shape index (κ2) is 8.56. The number of carbonyl (C=O) groups excluding carboxylic acids is 2. The molecule has 10 heteroatoms. The lowest BCUT2D eigenvalue weighted by Gasteiger charge is -2.32. The molecule has 0 bridgehead atoms. The lowest BCUT2D eigenvalue weighted by atomic mass is 10.1. The van der Waals surface area contributed by atoms with Crippen LogP contribution in [0.15, 0.2) is 47.4 Å². The number of carbonyl (C=O) groups is 2. The van der Waals surface area contributed by atoms with E-state index >= 15 is 0 Å². The molecular formula is C21H22N2O7S. The first kappa shape index (κ1) is 21.1. The van der Waals surface area contributed by atoms with E-state index in [1.807, 2.05) is 0 Å². The molecule has 0 aromatic heterocycles. The van der Waals surface area contributed by atoms with Crippen LogP contribution in [0.1, 0.15) is 17.3 Å². The normalized spacial score (nSPS) is 18.4. The number of sulfonamides is 1. The van der Waals surface area contributed by atoms with Gasteiger partial charge in [0.1, 0.15) is 6.61 Å². The molecule has 0 aliphatic carbocycles. The van der Waals surface area contributed by atoms with Crippen molar-refractivity contribution in [1.29, 1.82) is 0 Å². The first-order valence-corrected chi connectivity index (χ1v) is 11.3. The number of amides is 1. The Morgan fingerprint density at radius 2 is 1.74 bits per heavy atom. The van der Waals surface area contributed by atoms with Gasteiger partial charge in [0.2, 0.25) is 6.10 Å². The van der Waals surface area contributed by atoms with Crippen LogP contribution in [-0.2, 0) is 19.6 Å². The average Bonchev–Trinajstić information content (AvgIpc) is 2.78. The smallest absolute Gasteiger partial charge is 0.267 e. The minimum Gasteiger partial charge on any atom is -0.485 e. The maximum absolute atomic E-state index is 12.7. The molecule has 2 aliphatic heterocycles. The highest BCUT2D eigenvalue weighted by Gasteiger charge is 2.32. The van der Waals surface area contributed by atoms with Gasteiger partial charge in [-0.15, -0.1) is 0 Å². The van der Waals surface area contributed by atoms with Crippen molar-refractivity contribution >= 4 is 27.4 Å². The van der Waals surface area contributed by atoms with E-state index in [2.05, 4.69) is 4.72 Å². The van der Waals surface area contributed by atoms with E-state index in [1.54, 1.807) is 17.0 Å². The molecule has 0 radical (unpaired) electrons. The number of nitrogens with one attached hydrogen (secondary N) is 1. The first-order valence-electron chi connectivity index (χ1n) is 9.77. The van der Waals surface area contributed by atoms with Crippen molar-refractivity contribution in [3.05, 3.63) is 48.0 Å². The van der Waals surface area contributed by atoms with E-state index in [9.17, 15) is 18.0 Å². The number of hydrogen-bond donors (Lipinski definition) is 1. The Morgan fingerprint density at radius 3 is 2.42 bits per heavy atom. The number of ketones is 1. The van der Waals surface area contributed by atoms with Crippen molar-refractivity contribution < 1.29 is 32.2 Å². The zero-order valence-corrected chi connectivity index (χ0v) is 17.7. The van der Waals surface area contributed by atoms with Crippen LogP contribution in [0.3, 0.4) is 0 Å². The molecule has 31 heavy (non-hydrogen) atoms. The quantitative estimate of drug-likeness (QED) is 0.696. The molecule has 1 atom stereocenters. The van der Waals surface area contributed by atoms with Gasteiger partial charge in [0.05, 0.1) is 18.1 Å². The number of fused-ring (bicyclic) bond motifs is 1. The van der Waals surface area contributed by atoms with Gasteiger partial charge in [0.25, 0.3) is 15.9 Å². The van der Waals surface area contributed by atoms with Gasteiger partial charge in [-0.1, -0.05) is 0 Å². The van der Waals surface area contributed by atoms with Gasteiger partial charge < -0.3 is 19.1 Å². The summed E-state index contributed by atoms with van der Waals surface area (Å²) in [5.41, 5.74) is 0.819. The molecule has 2 aromatic carbocycles. The lowest BCUT2D eigenvalue weighted by Crippen LogP contribution is -2.50. The fourth-order valence-corrected chi connectivity index (χ4v) is 4.39. The number of benzene rings is 2. The predicted molar refractivity (Wildman–Crippen MR) is 111 cm³/mol. The number of nitrogens with zero attached hydrogens (tertiary/aromatic N) is 1. The van der Waals surface area contributed by atoms with Crippen molar-refractivity contribution in [2.24, 2.45) is 0 Å². The Balaban J connectivity index is 1.47. The second-order valence-corrected chi connectivity index (χ2v) is 8.89. The van der Waals surface area contributed by atoms with Crippen molar-refractivity contribution in [3.63, 3.8) is 0 Å². The summed E-state index contributed by atoms with van der Waals surface area (Å²) in [6.45, 7) is 3.41. The summed E-state index contributed by atoms with van der Waals surface area (Å²) in [5.74, 6) is 0.274. The van der Waals surface area contributed by atoms with Crippen LogP contribution in [0.2, 0.25) is 0 Å². The Kier molecular flexibility index (Phi) is 5.84. The van der Waals surface area contributed by atoms with Crippen LogP contribution in [0.25, 0.3) is 0 Å². The van der Waals surface area contributed by atoms with Crippen LogP contribution in [0.5, 0.6) is 11.5 Å². The third-order valence-corrected chi connectivity index (χ3v) is 6.41. The molecule has 1 N–H and O–H groups in total. The maximum Gasteiger partial charge on any atom is 0.267 e. The van der Waals surface area contributed by atoms with E-state index in [4.69, 9.17) is 14.2 Å². The third-order valence-electron chi connectivity index (χ3n) is 5.03. The summed E-state index contributed by atoms with van der Waals surface area (Å²) in [6.07, 6.45) is -0.786. The fraction of sp³-hybridized carbons (Fsp3) is 0.333. The van der Waals surface area contributed by atoms with Crippen LogP contribution < -0.4 is 14.2 Å². The Morgan fingerprint density at radius 1 is 1.03 bits per heavy atom. The van der Waals surface area contributed by atoms with Crippen molar-refractivity contribution in [2.75, 3.05) is 37.6 Å². The monoisotopic (exact) mass is 446 g/mol. The maximum atomic E-state index is 12.7. The fourth-order valence-electron chi connectivity index (χ4n) is 3.31. The molecule has 1 saturated heterocycles. The summed E-state index contributed by atoms with van der Waals surface area (Å²) in [5, 5.41) is 0. The number of Topliss-reactive ketones (excluding diaryl/α,β-unsaturated/α-hetero) is 1. The van der Waals surface area contributed by atoms with Gasteiger partial charge in [0.15, 0.2) is 17.3 Å². The summed E-state index contributed by atoms with van der Waals surface area (Å²) in [6, 6.07) is 10.4. The molecule has 9 nitrogen and oxygen atoms in total. The molecule has 0 saturated carbocycles. The van der Waals surface area contributed by atoms with E-state index in [-0.39, 0.29) is 28.9 Å². The highest BCUT2D eigenvalue weighted by atomic mass is 32.2. The minimum absolute atomic E-state index is 0.00731. The molecule has 1 fully saturated rings. The molecule has 2 heterocycles. The van der Waals surface area contributed by atoms with E-state index in [0.29, 0.717) is 43.3 Å². The SMILES string of the molecule is CC(=O)c1ccc(NS(=O)(=O)c2ccc3c(c2)OC[C@@H](C(=O)N2CCOCC2)O3)cc1. The highest BCUT2D eigenvalue weighted by Crippen LogP contribution is 2.34. The molecule has 0 unspecified atom stereocenters. The van der Waals surface area contributed by atoms with E-state index < -0.39 is 16.1 Å². The summed E-state index contributed by atoms with van der Waals surface area (Å²) in [7, 11) is -3.89. The molecule has 0 spiro atoms. The number of hydrogen-bond acceptors (Lipinski definition) is 7. The lowest BCUT2D eigenvalue weighted by molar-refractivity contribution is -0.145. The van der Waals surface area contributed by atoms with Crippen LogP contribution in [0, 0.1) is 0 Å². The second-order valence-electron chi connectivity index (χ2n) is 7.20. The average molecular weight is 446 g/mol. The number of anilines is 1. The number of rotatable bonds is 5. The molecule has 164 valence electrons. The van der Waals surface area contributed by atoms with Gasteiger partial charge in [-0.2, -0.15) is 0 Å². The Labute approximate surface area is 179 Å². The van der Waals surface area contributed by atoms with Crippen LogP contribution >= 0.6 is 0 Å². The van der Waals surface area contributed by atoms with Crippen molar-refractivity contribution in [2.45, 2.75) is 17.9 Å². The highest BCUT2D eigenvalue weighted by molar-refractivity contribution is 7.92. The van der Waals surface area contributed by atoms with Crippen LogP contribution in [0.4, 0.5) is 5.69 Å². The molecular weight excluding hydrogens is 424 g/mol. The summed E-state index contributed by atoms with van der Waals surface area (Å²) in [4.78, 5) is 25.6. The zero-order chi connectivity index (χ0) is 22.0. The van der Waals surface area contributed by atoms with Crippen LogP contribution in [-0.4, -0.2) is 64.0 Å².